The molecule has 0 saturated heterocycles. The van der Waals surface area contributed by atoms with Crippen LogP contribution in [0.4, 0.5) is 17.2 Å². The first-order valence-electron chi connectivity index (χ1n) is 7.41. The van der Waals surface area contributed by atoms with Crippen molar-refractivity contribution in [1.29, 1.82) is 0 Å². The minimum atomic E-state index is -0.0960. The number of amides is 1. The highest BCUT2D eigenvalue weighted by molar-refractivity contribution is 5.92. The Morgan fingerprint density at radius 3 is 2.65 bits per heavy atom. The summed E-state index contributed by atoms with van der Waals surface area (Å²) in [5.41, 5.74) is 4.56. The van der Waals surface area contributed by atoms with Gasteiger partial charge in [-0.1, -0.05) is 6.07 Å². The van der Waals surface area contributed by atoms with Crippen LogP contribution in [0.1, 0.15) is 24.0 Å². The number of carbonyl (C=O) groups excluding carboxylic acids is 1. The number of fused-ring (bicyclic) bond motifs is 1. The maximum atomic E-state index is 11.2. The van der Waals surface area contributed by atoms with Crippen molar-refractivity contribution in [3.05, 3.63) is 41.3 Å². The summed E-state index contributed by atoms with van der Waals surface area (Å²) < 4.78 is 0. The van der Waals surface area contributed by atoms with Gasteiger partial charge in [0.05, 0.1) is 5.39 Å². The van der Waals surface area contributed by atoms with Gasteiger partial charge < -0.3 is 15.6 Å². The van der Waals surface area contributed by atoms with Crippen LogP contribution in [0.5, 0.6) is 0 Å². The molecule has 6 nitrogen and oxygen atoms in total. The molecule has 0 unspecified atom stereocenters. The number of aromatic amines is 1. The molecule has 0 aliphatic rings. The number of aromatic nitrogens is 3. The van der Waals surface area contributed by atoms with Gasteiger partial charge in [-0.05, 0) is 44.5 Å². The lowest BCUT2D eigenvalue weighted by atomic mass is 10.1. The monoisotopic (exact) mass is 309 g/mol. The summed E-state index contributed by atoms with van der Waals surface area (Å²) in [6.45, 7) is 7.35. The van der Waals surface area contributed by atoms with E-state index < -0.39 is 0 Å². The molecule has 0 fully saturated rings. The van der Waals surface area contributed by atoms with Crippen molar-refractivity contribution < 1.29 is 4.79 Å². The molecule has 0 atom stereocenters. The zero-order valence-electron chi connectivity index (χ0n) is 13.6. The van der Waals surface area contributed by atoms with Gasteiger partial charge in [-0.3, -0.25) is 4.79 Å². The van der Waals surface area contributed by atoms with Crippen molar-refractivity contribution in [1.82, 2.24) is 15.0 Å². The van der Waals surface area contributed by atoms with Gasteiger partial charge in [-0.2, -0.15) is 0 Å². The van der Waals surface area contributed by atoms with Gasteiger partial charge in [0.25, 0.3) is 0 Å². The number of aryl methyl sites for hydroxylation is 3. The molecule has 0 aliphatic heterocycles. The van der Waals surface area contributed by atoms with Gasteiger partial charge in [0.2, 0.25) is 5.91 Å². The van der Waals surface area contributed by atoms with E-state index in [-0.39, 0.29) is 5.91 Å². The van der Waals surface area contributed by atoms with Crippen LogP contribution in [0.2, 0.25) is 0 Å². The van der Waals surface area contributed by atoms with Gasteiger partial charge in [0.1, 0.15) is 17.3 Å². The summed E-state index contributed by atoms with van der Waals surface area (Å²) in [6, 6.07) is 7.76. The second-order valence-corrected chi connectivity index (χ2v) is 5.67. The lowest BCUT2D eigenvalue weighted by Crippen LogP contribution is -2.06. The van der Waals surface area contributed by atoms with Gasteiger partial charge >= 0.3 is 0 Å². The minimum absolute atomic E-state index is 0.0960. The van der Waals surface area contributed by atoms with Gasteiger partial charge in [0, 0.05) is 24.0 Å². The number of nitrogens with zero attached hydrogens (tertiary/aromatic N) is 2. The second-order valence-electron chi connectivity index (χ2n) is 5.67. The first kappa shape index (κ1) is 15.0. The Kier molecular flexibility index (Phi) is 3.73. The van der Waals surface area contributed by atoms with Crippen LogP contribution >= 0.6 is 0 Å². The fourth-order valence-corrected chi connectivity index (χ4v) is 2.51. The Bertz CT molecular complexity index is 897. The smallest absolute Gasteiger partial charge is 0.221 e. The third-order valence-corrected chi connectivity index (χ3v) is 3.54. The normalized spacial score (nSPS) is 10.8. The van der Waals surface area contributed by atoms with E-state index in [1.54, 1.807) is 0 Å². The molecule has 23 heavy (non-hydrogen) atoms. The van der Waals surface area contributed by atoms with Crippen LogP contribution < -0.4 is 10.6 Å². The Labute approximate surface area is 134 Å². The Morgan fingerprint density at radius 2 is 1.91 bits per heavy atom. The van der Waals surface area contributed by atoms with E-state index >= 15 is 0 Å². The average molecular weight is 309 g/mol. The molecule has 0 bridgehead atoms. The van der Waals surface area contributed by atoms with Crippen molar-refractivity contribution >= 4 is 34.1 Å². The molecular formula is C17H19N5O. The third kappa shape index (κ3) is 3.15. The zero-order chi connectivity index (χ0) is 16.6. The maximum absolute atomic E-state index is 11.2. The summed E-state index contributed by atoms with van der Waals surface area (Å²) >= 11 is 0. The molecule has 2 heterocycles. The van der Waals surface area contributed by atoms with E-state index in [4.69, 9.17) is 0 Å². The van der Waals surface area contributed by atoms with E-state index in [0.29, 0.717) is 5.82 Å². The van der Waals surface area contributed by atoms with Crippen molar-refractivity contribution in [2.24, 2.45) is 0 Å². The first-order chi connectivity index (χ1) is 10.9. The first-order valence-corrected chi connectivity index (χ1v) is 7.41. The molecule has 2 aromatic heterocycles. The van der Waals surface area contributed by atoms with Crippen LogP contribution in [0, 0.1) is 20.8 Å². The lowest BCUT2D eigenvalue weighted by Gasteiger charge is -2.12. The van der Waals surface area contributed by atoms with E-state index in [9.17, 15) is 4.79 Å². The lowest BCUT2D eigenvalue weighted by molar-refractivity contribution is -0.114. The van der Waals surface area contributed by atoms with E-state index in [1.165, 1.54) is 6.92 Å². The molecule has 0 radical (unpaired) electrons. The molecule has 0 spiro atoms. The Balaban J connectivity index is 2.03. The van der Waals surface area contributed by atoms with Crippen LogP contribution in [0.15, 0.2) is 24.3 Å². The SMILES string of the molecule is CC(=O)Nc1ccc(C)c(Nc2nc(C)nc3[nH]c(C)cc23)c1. The number of hydrogen-bond acceptors (Lipinski definition) is 4. The van der Waals surface area contributed by atoms with E-state index in [0.717, 1.165) is 39.5 Å². The fraction of sp³-hybridized carbons (Fsp3) is 0.235. The fourth-order valence-electron chi connectivity index (χ4n) is 2.51. The van der Waals surface area contributed by atoms with Crippen molar-refractivity contribution in [3.63, 3.8) is 0 Å². The molecule has 6 heteroatoms. The van der Waals surface area contributed by atoms with Gasteiger partial charge in [-0.15, -0.1) is 0 Å². The topological polar surface area (TPSA) is 82.7 Å². The predicted molar refractivity (Wildman–Crippen MR) is 92.1 cm³/mol. The number of hydrogen-bond donors (Lipinski definition) is 3. The molecular weight excluding hydrogens is 290 g/mol. The predicted octanol–water partition coefficient (Wildman–Crippen LogP) is 3.59. The highest BCUT2D eigenvalue weighted by atomic mass is 16.1. The highest BCUT2D eigenvalue weighted by Gasteiger charge is 2.10. The van der Waals surface area contributed by atoms with Crippen molar-refractivity contribution in [2.75, 3.05) is 10.6 Å². The standard InChI is InChI=1S/C17H19N5O/c1-9-5-6-13(21-12(4)23)8-15(9)22-17-14-7-10(2)18-16(14)19-11(3)20-17/h5-8H,1-4H3,(H,21,23)(H2,18,19,20,22). The second kappa shape index (κ2) is 5.72. The maximum Gasteiger partial charge on any atom is 0.221 e. The third-order valence-electron chi connectivity index (χ3n) is 3.54. The van der Waals surface area contributed by atoms with Crippen LogP contribution in [-0.4, -0.2) is 20.9 Å². The number of carbonyl (C=O) groups is 1. The van der Waals surface area contributed by atoms with Crippen molar-refractivity contribution in [3.8, 4) is 0 Å². The molecule has 1 amide bonds. The molecule has 3 aromatic rings. The largest absolute Gasteiger partial charge is 0.343 e. The molecule has 0 aliphatic carbocycles. The van der Waals surface area contributed by atoms with Gasteiger partial charge in [0.15, 0.2) is 0 Å². The zero-order valence-corrected chi connectivity index (χ0v) is 13.6. The van der Waals surface area contributed by atoms with Crippen LogP contribution in [0.3, 0.4) is 0 Å². The summed E-state index contributed by atoms with van der Waals surface area (Å²) in [4.78, 5) is 23.4. The van der Waals surface area contributed by atoms with Crippen molar-refractivity contribution in [2.45, 2.75) is 27.7 Å². The van der Waals surface area contributed by atoms with Crippen LogP contribution in [0.25, 0.3) is 11.0 Å². The number of rotatable bonds is 3. The molecule has 3 N–H and O–H groups in total. The molecule has 3 rings (SSSR count). The molecule has 0 saturated carbocycles. The number of H-pyrrole nitrogens is 1. The molecule has 1 aromatic carbocycles. The summed E-state index contributed by atoms with van der Waals surface area (Å²) in [5.74, 6) is 1.35. The highest BCUT2D eigenvalue weighted by Crippen LogP contribution is 2.28. The number of benzene rings is 1. The van der Waals surface area contributed by atoms with Crippen LogP contribution in [-0.2, 0) is 4.79 Å². The number of nitrogens with one attached hydrogen (secondary N) is 3. The molecule has 118 valence electrons. The Morgan fingerprint density at radius 1 is 1.13 bits per heavy atom. The minimum Gasteiger partial charge on any atom is -0.343 e. The number of anilines is 3. The summed E-state index contributed by atoms with van der Waals surface area (Å²) in [6.07, 6.45) is 0. The van der Waals surface area contributed by atoms with E-state index in [2.05, 4.69) is 25.6 Å². The van der Waals surface area contributed by atoms with Gasteiger partial charge in [-0.25, -0.2) is 9.97 Å². The summed E-state index contributed by atoms with van der Waals surface area (Å²) in [7, 11) is 0. The van der Waals surface area contributed by atoms with E-state index in [1.807, 2.05) is 45.0 Å². The Hall–Kier alpha value is -2.89. The quantitative estimate of drug-likeness (QED) is 0.690. The summed E-state index contributed by atoms with van der Waals surface area (Å²) in [5, 5.41) is 7.10. The average Bonchev–Trinajstić information content (AvgIpc) is 2.82.